The molecule has 2 rings (SSSR count). The number of carbonyl (C=O) groups is 1. The predicted molar refractivity (Wildman–Crippen MR) is 83.9 cm³/mol. The van der Waals surface area contributed by atoms with Crippen molar-refractivity contribution in [2.75, 3.05) is 29.9 Å². The number of nitrogens with zero attached hydrogens (tertiary/aromatic N) is 1. The van der Waals surface area contributed by atoms with Gasteiger partial charge in [0.05, 0.1) is 5.56 Å². The maximum atomic E-state index is 12.2. The normalized spacial score (nSPS) is 18.3. The summed E-state index contributed by atoms with van der Waals surface area (Å²) in [5, 5.41) is 6.13. The lowest BCUT2D eigenvalue weighted by Gasteiger charge is -2.13. The first-order chi connectivity index (χ1) is 9.20. The number of amides is 1. The van der Waals surface area contributed by atoms with Crippen molar-refractivity contribution in [3.05, 3.63) is 22.3 Å². The Kier molecular flexibility index (Phi) is 5.51. The monoisotopic (exact) mass is 343 g/mol. The second kappa shape index (κ2) is 7.14. The first-order valence-corrected chi connectivity index (χ1v) is 8.40. The lowest BCUT2D eigenvalue weighted by Crippen LogP contribution is -2.30. The number of hydrogen-bond donors (Lipinski definition) is 2. The molecule has 0 radical (unpaired) electrons. The lowest BCUT2D eigenvalue weighted by atomic mass is 10.1. The molecule has 1 aromatic heterocycles. The van der Waals surface area contributed by atoms with Crippen LogP contribution in [0.2, 0.25) is 0 Å². The van der Waals surface area contributed by atoms with Crippen LogP contribution in [-0.2, 0) is 0 Å². The lowest BCUT2D eigenvalue weighted by molar-refractivity contribution is 0.0949. The van der Waals surface area contributed by atoms with Crippen LogP contribution in [0, 0.1) is 5.92 Å². The Hall–Kier alpha value is -0.750. The molecule has 4 nitrogen and oxygen atoms in total. The largest absolute Gasteiger partial charge is 0.370 e. The quantitative estimate of drug-likeness (QED) is 0.863. The van der Waals surface area contributed by atoms with Gasteiger partial charge >= 0.3 is 0 Å². The Morgan fingerprint density at radius 3 is 3.16 bits per heavy atom. The van der Waals surface area contributed by atoms with Crippen molar-refractivity contribution in [3.63, 3.8) is 0 Å². The molecule has 1 saturated heterocycles. The van der Waals surface area contributed by atoms with Crippen molar-refractivity contribution in [1.29, 1.82) is 0 Å². The van der Waals surface area contributed by atoms with E-state index in [1.807, 2.05) is 24.8 Å². The summed E-state index contributed by atoms with van der Waals surface area (Å²) in [6.45, 7) is 3.49. The van der Waals surface area contributed by atoms with Crippen molar-refractivity contribution in [1.82, 2.24) is 10.3 Å². The average Bonchev–Trinajstić information content (AvgIpc) is 2.91. The van der Waals surface area contributed by atoms with E-state index in [4.69, 9.17) is 0 Å². The summed E-state index contributed by atoms with van der Waals surface area (Å²) >= 11 is 5.32. The highest BCUT2D eigenvalue weighted by atomic mass is 79.9. The number of aromatic nitrogens is 1. The smallest absolute Gasteiger partial charge is 0.255 e. The Morgan fingerprint density at radius 2 is 2.47 bits per heavy atom. The number of hydrogen-bond acceptors (Lipinski definition) is 4. The van der Waals surface area contributed by atoms with Gasteiger partial charge in [0.1, 0.15) is 5.82 Å². The minimum atomic E-state index is -0.0540. The molecule has 0 bridgehead atoms. The Morgan fingerprint density at radius 1 is 1.63 bits per heavy atom. The zero-order chi connectivity index (χ0) is 13.7. The van der Waals surface area contributed by atoms with Gasteiger partial charge in [0.25, 0.3) is 5.91 Å². The predicted octanol–water partition coefficient (Wildman–Crippen LogP) is 2.76. The Labute approximate surface area is 126 Å². The number of halogens is 1. The zero-order valence-electron chi connectivity index (χ0n) is 10.9. The van der Waals surface area contributed by atoms with Crippen LogP contribution in [0.25, 0.3) is 0 Å². The standard InChI is InChI=1S/C13H18BrN3OS/c1-2-15-12-11(5-10(14)7-16-12)13(18)17-6-9-3-4-19-8-9/h5,7,9H,2-4,6,8H2,1H3,(H,15,16)(H,17,18). The molecule has 1 fully saturated rings. The van der Waals surface area contributed by atoms with Gasteiger partial charge in [-0.25, -0.2) is 4.98 Å². The second-order valence-corrected chi connectivity index (χ2v) is 6.59. The van der Waals surface area contributed by atoms with E-state index < -0.39 is 0 Å². The van der Waals surface area contributed by atoms with Gasteiger partial charge in [-0.15, -0.1) is 0 Å². The van der Waals surface area contributed by atoms with E-state index in [2.05, 4.69) is 31.5 Å². The maximum absolute atomic E-state index is 12.2. The third kappa shape index (κ3) is 4.11. The number of thioether (sulfide) groups is 1. The number of nitrogens with one attached hydrogen (secondary N) is 2. The molecule has 2 N–H and O–H groups in total. The van der Waals surface area contributed by atoms with E-state index in [-0.39, 0.29) is 5.91 Å². The molecule has 1 aliphatic rings. The fraction of sp³-hybridized carbons (Fsp3) is 0.538. The molecule has 0 spiro atoms. The van der Waals surface area contributed by atoms with E-state index in [1.54, 1.807) is 6.20 Å². The first kappa shape index (κ1) is 14.7. The number of carbonyl (C=O) groups excluding carboxylic acids is 1. The van der Waals surface area contributed by atoms with E-state index in [0.717, 1.165) is 23.3 Å². The summed E-state index contributed by atoms with van der Waals surface area (Å²) in [5.41, 5.74) is 0.599. The fourth-order valence-corrected chi connectivity index (χ4v) is 3.61. The molecule has 0 aliphatic carbocycles. The van der Waals surface area contributed by atoms with Gasteiger partial charge in [0.15, 0.2) is 0 Å². The second-order valence-electron chi connectivity index (χ2n) is 4.52. The first-order valence-electron chi connectivity index (χ1n) is 6.46. The molecule has 2 heterocycles. The van der Waals surface area contributed by atoms with Crippen LogP contribution in [0.3, 0.4) is 0 Å². The summed E-state index contributed by atoms with van der Waals surface area (Å²) in [5.74, 6) is 3.56. The molecular formula is C13H18BrN3OS. The van der Waals surface area contributed by atoms with Crippen LogP contribution in [0.15, 0.2) is 16.7 Å². The molecule has 1 atom stereocenters. The number of pyridine rings is 1. The topological polar surface area (TPSA) is 54.0 Å². The van der Waals surface area contributed by atoms with Crippen LogP contribution in [0.4, 0.5) is 5.82 Å². The zero-order valence-corrected chi connectivity index (χ0v) is 13.3. The molecule has 1 aliphatic heterocycles. The summed E-state index contributed by atoms with van der Waals surface area (Å²) in [7, 11) is 0. The average molecular weight is 344 g/mol. The van der Waals surface area contributed by atoms with Gasteiger partial charge in [-0.3, -0.25) is 4.79 Å². The van der Waals surface area contributed by atoms with Crippen LogP contribution in [0.1, 0.15) is 23.7 Å². The fourth-order valence-electron chi connectivity index (χ4n) is 2.00. The summed E-state index contributed by atoms with van der Waals surface area (Å²) in [6, 6.07) is 1.81. The van der Waals surface area contributed by atoms with Gasteiger partial charge < -0.3 is 10.6 Å². The van der Waals surface area contributed by atoms with Gasteiger partial charge in [-0.1, -0.05) is 0 Å². The summed E-state index contributed by atoms with van der Waals surface area (Å²) < 4.78 is 0.815. The summed E-state index contributed by atoms with van der Waals surface area (Å²) in [6.07, 6.45) is 2.89. The van der Waals surface area contributed by atoms with E-state index in [1.165, 1.54) is 12.2 Å². The van der Waals surface area contributed by atoms with Gasteiger partial charge in [-0.05, 0) is 52.8 Å². The number of anilines is 1. The molecule has 1 aromatic rings. The molecule has 6 heteroatoms. The highest BCUT2D eigenvalue weighted by Gasteiger charge is 2.18. The van der Waals surface area contributed by atoms with Crippen molar-refractivity contribution < 1.29 is 4.79 Å². The van der Waals surface area contributed by atoms with E-state index >= 15 is 0 Å². The summed E-state index contributed by atoms with van der Waals surface area (Å²) in [4.78, 5) is 16.5. The molecular weight excluding hydrogens is 326 g/mol. The van der Waals surface area contributed by atoms with Crippen molar-refractivity contribution in [2.24, 2.45) is 5.92 Å². The molecule has 0 saturated carbocycles. The van der Waals surface area contributed by atoms with Crippen molar-refractivity contribution in [2.45, 2.75) is 13.3 Å². The third-order valence-electron chi connectivity index (χ3n) is 3.02. The Balaban J connectivity index is 2.02. The molecule has 1 unspecified atom stereocenters. The number of rotatable bonds is 5. The van der Waals surface area contributed by atoms with Crippen LogP contribution >= 0.6 is 27.7 Å². The SMILES string of the molecule is CCNc1ncc(Br)cc1C(=O)NCC1CCSC1. The highest BCUT2D eigenvalue weighted by molar-refractivity contribution is 9.10. The van der Waals surface area contributed by atoms with Crippen LogP contribution in [-0.4, -0.2) is 35.5 Å². The third-order valence-corrected chi connectivity index (χ3v) is 4.68. The molecule has 1 amide bonds. The minimum Gasteiger partial charge on any atom is -0.370 e. The molecule has 104 valence electrons. The van der Waals surface area contributed by atoms with Gasteiger partial charge in [0, 0.05) is 23.8 Å². The molecule has 19 heavy (non-hydrogen) atoms. The van der Waals surface area contributed by atoms with Crippen LogP contribution in [0.5, 0.6) is 0 Å². The molecule has 0 aromatic carbocycles. The van der Waals surface area contributed by atoms with Crippen molar-refractivity contribution in [3.8, 4) is 0 Å². The maximum Gasteiger partial charge on any atom is 0.255 e. The van der Waals surface area contributed by atoms with Crippen molar-refractivity contribution >= 4 is 39.4 Å². The van der Waals surface area contributed by atoms with Crippen LogP contribution < -0.4 is 10.6 Å². The van der Waals surface area contributed by atoms with Gasteiger partial charge in [-0.2, -0.15) is 11.8 Å². The minimum absolute atomic E-state index is 0.0540. The van der Waals surface area contributed by atoms with E-state index in [9.17, 15) is 4.79 Å². The Bertz CT molecular complexity index is 450. The highest BCUT2D eigenvalue weighted by Crippen LogP contribution is 2.23. The van der Waals surface area contributed by atoms with Gasteiger partial charge in [0.2, 0.25) is 0 Å². The van der Waals surface area contributed by atoms with E-state index in [0.29, 0.717) is 17.3 Å².